The van der Waals surface area contributed by atoms with Crippen LogP contribution < -0.4 is 11.1 Å². The second-order valence-electron chi connectivity index (χ2n) is 6.07. The van der Waals surface area contributed by atoms with Gasteiger partial charge >= 0.3 is 0 Å². The van der Waals surface area contributed by atoms with E-state index in [1.54, 1.807) is 0 Å². The average Bonchev–Trinajstić information content (AvgIpc) is 2.25. The number of carbonyl (C=O) groups is 1. The fourth-order valence-corrected chi connectivity index (χ4v) is 2.60. The number of amides is 1. The minimum atomic E-state index is -0.208. The maximum absolute atomic E-state index is 12.2. The van der Waals surface area contributed by atoms with Gasteiger partial charge in [-0.3, -0.25) is 9.69 Å². The van der Waals surface area contributed by atoms with Gasteiger partial charge in [-0.15, -0.1) is 0 Å². The number of nitrogens with zero attached hydrogens (tertiary/aromatic N) is 1. The summed E-state index contributed by atoms with van der Waals surface area (Å²) in [4.78, 5) is 14.8. The summed E-state index contributed by atoms with van der Waals surface area (Å²) in [6.45, 7) is 8.77. The number of carbonyl (C=O) groups excluding carboxylic acids is 1. The molecule has 1 saturated heterocycles. The Balaban J connectivity index is 2.71. The highest BCUT2D eigenvalue weighted by molar-refractivity contribution is 7.80. The van der Waals surface area contributed by atoms with Crippen molar-refractivity contribution in [3.63, 3.8) is 0 Å². The van der Waals surface area contributed by atoms with E-state index in [0.29, 0.717) is 4.99 Å². The molecular weight excluding hydrogens is 246 g/mol. The molecule has 0 saturated carbocycles. The van der Waals surface area contributed by atoms with Crippen molar-refractivity contribution in [1.29, 1.82) is 0 Å². The molecule has 1 heterocycles. The number of hydrogen-bond donors (Lipinski definition) is 2. The zero-order valence-corrected chi connectivity index (χ0v) is 12.6. The van der Waals surface area contributed by atoms with Crippen molar-refractivity contribution in [1.82, 2.24) is 10.2 Å². The molecular formula is C13H25N3OS. The minimum absolute atomic E-state index is 0.0469. The van der Waals surface area contributed by atoms with Gasteiger partial charge in [0.2, 0.25) is 5.91 Å². The normalized spacial score (nSPS) is 23.4. The average molecular weight is 271 g/mol. The first-order chi connectivity index (χ1) is 8.22. The molecule has 0 aromatic carbocycles. The van der Waals surface area contributed by atoms with Gasteiger partial charge in [0, 0.05) is 5.54 Å². The Morgan fingerprint density at radius 1 is 1.44 bits per heavy atom. The lowest BCUT2D eigenvalue weighted by molar-refractivity contribution is -0.128. The number of piperidine rings is 1. The van der Waals surface area contributed by atoms with Crippen LogP contribution in [-0.2, 0) is 4.79 Å². The van der Waals surface area contributed by atoms with Crippen molar-refractivity contribution in [2.45, 2.75) is 64.6 Å². The maximum atomic E-state index is 12.2. The Morgan fingerprint density at radius 2 is 2.06 bits per heavy atom. The predicted molar refractivity (Wildman–Crippen MR) is 78.5 cm³/mol. The summed E-state index contributed by atoms with van der Waals surface area (Å²) in [6.07, 6.45) is 3.20. The Morgan fingerprint density at radius 3 is 2.56 bits per heavy atom. The first-order valence-electron chi connectivity index (χ1n) is 6.59. The fourth-order valence-electron chi connectivity index (χ4n) is 2.35. The van der Waals surface area contributed by atoms with E-state index in [4.69, 9.17) is 18.0 Å². The highest BCUT2D eigenvalue weighted by Gasteiger charge is 2.32. The van der Waals surface area contributed by atoms with Gasteiger partial charge in [0.15, 0.2) is 0 Å². The summed E-state index contributed by atoms with van der Waals surface area (Å²) in [5, 5.41) is 3.01. The smallest absolute Gasteiger partial charge is 0.237 e. The second kappa shape index (κ2) is 5.97. The summed E-state index contributed by atoms with van der Waals surface area (Å²) >= 11 is 5.11. The number of hydrogen-bond acceptors (Lipinski definition) is 3. The van der Waals surface area contributed by atoms with Crippen LogP contribution in [0.3, 0.4) is 0 Å². The van der Waals surface area contributed by atoms with Gasteiger partial charge < -0.3 is 11.1 Å². The van der Waals surface area contributed by atoms with E-state index in [1.165, 1.54) is 0 Å². The molecule has 0 aromatic heterocycles. The molecule has 0 spiro atoms. The molecule has 0 radical (unpaired) electrons. The van der Waals surface area contributed by atoms with Gasteiger partial charge in [-0.1, -0.05) is 18.6 Å². The standard InChI is InChI=1S/C13H25N3OS/c1-9(12(17)15-13(2,3)4)16-8-6-5-7-10(16)11(14)18/h9-10H,5-8H2,1-4H3,(H2,14,18)(H,15,17). The van der Waals surface area contributed by atoms with Crippen LogP contribution in [0.4, 0.5) is 0 Å². The molecule has 1 amide bonds. The van der Waals surface area contributed by atoms with Crippen LogP contribution in [0, 0.1) is 0 Å². The van der Waals surface area contributed by atoms with Crippen LogP contribution in [0.15, 0.2) is 0 Å². The summed E-state index contributed by atoms with van der Waals surface area (Å²) in [7, 11) is 0. The third kappa shape index (κ3) is 4.21. The van der Waals surface area contributed by atoms with Gasteiger partial charge in [-0.25, -0.2) is 0 Å². The zero-order chi connectivity index (χ0) is 13.9. The molecule has 5 heteroatoms. The van der Waals surface area contributed by atoms with Crippen LogP contribution in [0.25, 0.3) is 0 Å². The topological polar surface area (TPSA) is 58.4 Å². The Kier molecular flexibility index (Phi) is 5.10. The van der Waals surface area contributed by atoms with Gasteiger partial charge in [0.05, 0.1) is 17.1 Å². The monoisotopic (exact) mass is 271 g/mol. The molecule has 1 aliphatic heterocycles. The van der Waals surface area contributed by atoms with E-state index in [2.05, 4.69) is 10.2 Å². The van der Waals surface area contributed by atoms with Crippen molar-refractivity contribution in [2.24, 2.45) is 5.73 Å². The van der Waals surface area contributed by atoms with Crippen molar-refractivity contribution < 1.29 is 4.79 Å². The lowest BCUT2D eigenvalue weighted by Gasteiger charge is -2.39. The first kappa shape index (κ1) is 15.4. The van der Waals surface area contributed by atoms with Crippen LogP contribution >= 0.6 is 12.2 Å². The molecule has 1 fully saturated rings. The molecule has 3 N–H and O–H groups in total. The highest BCUT2D eigenvalue weighted by atomic mass is 32.1. The largest absolute Gasteiger partial charge is 0.392 e. The van der Waals surface area contributed by atoms with E-state index in [1.807, 2.05) is 27.7 Å². The van der Waals surface area contributed by atoms with Crippen molar-refractivity contribution >= 4 is 23.1 Å². The molecule has 2 unspecified atom stereocenters. The molecule has 1 rings (SSSR count). The van der Waals surface area contributed by atoms with E-state index < -0.39 is 0 Å². The molecule has 0 aliphatic carbocycles. The van der Waals surface area contributed by atoms with Crippen LogP contribution in [0.5, 0.6) is 0 Å². The van der Waals surface area contributed by atoms with E-state index in [-0.39, 0.29) is 23.5 Å². The highest BCUT2D eigenvalue weighted by Crippen LogP contribution is 2.20. The van der Waals surface area contributed by atoms with E-state index >= 15 is 0 Å². The Labute approximate surface area is 115 Å². The molecule has 18 heavy (non-hydrogen) atoms. The first-order valence-corrected chi connectivity index (χ1v) is 7.00. The molecule has 1 aliphatic rings. The van der Waals surface area contributed by atoms with Crippen molar-refractivity contribution in [3.8, 4) is 0 Å². The number of likely N-dealkylation sites (tertiary alicyclic amines) is 1. The van der Waals surface area contributed by atoms with Crippen LogP contribution in [0.2, 0.25) is 0 Å². The summed E-state index contributed by atoms with van der Waals surface area (Å²) < 4.78 is 0. The van der Waals surface area contributed by atoms with Crippen molar-refractivity contribution in [3.05, 3.63) is 0 Å². The van der Waals surface area contributed by atoms with E-state index in [9.17, 15) is 4.79 Å². The lowest BCUT2D eigenvalue weighted by atomic mass is 9.99. The van der Waals surface area contributed by atoms with Gasteiger partial charge in [-0.2, -0.15) is 0 Å². The van der Waals surface area contributed by atoms with Gasteiger partial charge in [0.25, 0.3) is 0 Å². The lowest BCUT2D eigenvalue weighted by Crippen LogP contribution is -2.57. The SMILES string of the molecule is CC(C(=O)NC(C)(C)C)N1CCCCC1C(N)=S. The maximum Gasteiger partial charge on any atom is 0.237 e. The zero-order valence-electron chi connectivity index (χ0n) is 11.8. The summed E-state index contributed by atoms with van der Waals surface area (Å²) in [5.74, 6) is 0.0469. The van der Waals surface area contributed by atoms with Crippen LogP contribution in [-0.4, -0.2) is 40.0 Å². The number of nitrogens with two attached hydrogens (primary N) is 1. The third-order valence-corrected chi connectivity index (χ3v) is 3.52. The Hall–Kier alpha value is -0.680. The summed E-state index contributed by atoms with van der Waals surface area (Å²) in [5.41, 5.74) is 5.57. The number of thiocarbonyl (C=S) groups is 1. The minimum Gasteiger partial charge on any atom is -0.392 e. The van der Waals surface area contributed by atoms with Crippen molar-refractivity contribution in [2.75, 3.05) is 6.54 Å². The fraction of sp³-hybridized carbons (Fsp3) is 0.846. The predicted octanol–water partition coefficient (Wildman–Crippen LogP) is 1.43. The third-order valence-electron chi connectivity index (χ3n) is 3.25. The number of rotatable bonds is 3. The molecule has 104 valence electrons. The molecule has 2 atom stereocenters. The molecule has 0 bridgehead atoms. The van der Waals surface area contributed by atoms with Gasteiger partial charge in [0.1, 0.15) is 0 Å². The summed E-state index contributed by atoms with van der Waals surface area (Å²) in [6, 6.07) is -0.120. The molecule has 4 nitrogen and oxygen atoms in total. The van der Waals surface area contributed by atoms with Crippen LogP contribution in [0.1, 0.15) is 47.0 Å². The second-order valence-corrected chi connectivity index (χ2v) is 6.54. The quantitative estimate of drug-likeness (QED) is 0.763. The van der Waals surface area contributed by atoms with E-state index in [0.717, 1.165) is 25.8 Å². The molecule has 0 aromatic rings. The van der Waals surface area contributed by atoms with Gasteiger partial charge in [-0.05, 0) is 47.1 Å². The Bertz CT molecular complexity index is 325. The number of nitrogens with one attached hydrogen (secondary N) is 1.